The van der Waals surface area contributed by atoms with Crippen LogP contribution in [-0.4, -0.2) is 5.24 Å². The first-order valence-corrected chi connectivity index (χ1v) is 3.84. The Labute approximate surface area is 81.7 Å². The molecule has 2 heteroatoms. The van der Waals surface area contributed by atoms with E-state index < -0.39 is 5.24 Å². The van der Waals surface area contributed by atoms with Gasteiger partial charge in [-0.15, -0.1) is 12.8 Å². The summed E-state index contributed by atoms with van der Waals surface area (Å²) in [5.41, 5.74) is 1.08. The molecular weight excluding hydrogens is 184 g/mol. The van der Waals surface area contributed by atoms with Crippen LogP contribution in [-0.2, 0) is 0 Å². The van der Waals surface area contributed by atoms with Gasteiger partial charge in [-0.2, -0.15) is 0 Å². The van der Waals surface area contributed by atoms with Crippen molar-refractivity contribution in [1.82, 2.24) is 0 Å². The predicted octanol–water partition coefficient (Wildman–Crippen LogP) is 2.03. The Kier molecular flexibility index (Phi) is 2.75. The lowest BCUT2D eigenvalue weighted by Crippen LogP contribution is -1.98. The second kappa shape index (κ2) is 3.81. The second-order valence-electron chi connectivity index (χ2n) is 2.29. The molecule has 0 aromatic heterocycles. The minimum atomic E-state index is -0.624. The number of halogens is 1. The Morgan fingerprint density at radius 2 is 1.69 bits per heavy atom. The van der Waals surface area contributed by atoms with E-state index in [9.17, 15) is 4.79 Å². The van der Waals surface area contributed by atoms with Crippen molar-refractivity contribution in [2.75, 3.05) is 0 Å². The van der Waals surface area contributed by atoms with Crippen molar-refractivity contribution in [1.29, 1.82) is 0 Å². The molecule has 13 heavy (non-hydrogen) atoms. The third-order valence-corrected chi connectivity index (χ3v) is 1.76. The first-order valence-electron chi connectivity index (χ1n) is 3.46. The topological polar surface area (TPSA) is 17.1 Å². The molecule has 0 aliphatic carbocycles. The van der Waals surface area contributed by atoms with Crippen LogP contribution >= 0.6 is 11.6 Å². The van der Waals surface area contributed by atoms with Crippen LogP contribution in [0.2, 0.25) is 0 Å². The summed E-state index contributed by atoms with van der Waals surface area (Å²) in [6, 6.07) is 4.93. The molecule has 0 fully saturated rings. The lowest BCUT2D eigenvalue weighted by molar-refractivity contribution is 0.108. The lowest BCUT2D eigenvalue weighted by Gasteiger charge is -2.01. The molecule has 62 valence electrons. The molecule has 0 amide bonds. The van der Waals surface area contributed by atoms with Crippen LogP contribution in [0.3, 0.4) is 0 Å². The minimum Gasteiger partial charge on any atom is -0.276 e. The number of hydrogen-bond acceptors (Lipinski definition) is 1. The molecule has 0 radical (unpaired) electrons. The van der Waals surface area contributed by atoms with E-state index in [-0.39, 0.29) is 5.56 Å². The second-order valence-corrected chi connectivity index (χ2v) is 2.63. The molecule has 0 saturated carbocycles. The van der Waals surface area contributed by atoms with Crippen LogP contribution < -0.4 is 0 Å². The van der Waals surface area contributed by atoms with Gasteiger partial charge in [-0.25, -0.2) is 0 Å². The van der Waals surface area contributed by atoms with Gasteiger partial charge >= 0.3 is 0 Å². The van der Waals surface area contributed by atoms with E-state index in [1.54, 1.807) is 18.2 Å². The molecule has 1 rings (SSSR count). The van der Waals surface area contributed by atoms with Crippen molar-refractivity contribution < 1.29 is 4.79 Å². The number of terminal acetylenes is 2. The summed E-state index contributed by atoms with van der Waals surface area (Å²) in [4.78, 5) is 11.0. The highest BCUT2D eigenvalue weighted by Crippen LogP contribution is 2.15. The first-order chi connectivity index (χ1) is 6.20. The quantitative estimate of drug-likeness (QED) is 0.487. The highest BCUT2D eigenvalue weighted by atomic mass is 35.5. The zero-order valence-electron chi connectivity index (χ0n) is 6.67. The standard InChI is InChI=1S/C11H5ClO/c1-3-8-6-5-7-9(4-2)10(8)11(12)13/h1-2,5-7H. The van der Waals surface area contributed by atoms with Gasteiger partial charge in [0.1, 0.15) is 0 Å². The lowest BCUT2D eigenvalue weighted by atomic mass is 10.0. The van der Waals surface area contributed by atoms with E-state index in [0.717, 1.165) is 0 Å². The monoisotopic (exact) mass is 188 g/mol. The smallest absolute Gasteiger partial charge is 0.254 e. The predicted molar refractivity (Wildman–Crippen MR) is 52.5 cm³/mol. The maximum Gasteiger partial charge on any atom is 0.254 e. The number of hydrogen-bond donors (Lipinski definition) is 0. The molecule has 0 bridgehead atoms. The van der Waals surface area contributed by atoms with Crippen LogP contribution in [0.1, 0.15) is 21.5 Å². The van der Waals surface area contributed by atoms with Gasteiger partial charge in [-0.3, -0.25) is 4.79 Å². The van der Waals surface area contributed by atoms with Crippen LogP contribution in [0.15, 0.2) is 18.2 Å². The highest BCUT2D eigenvalue weighted by molar-refractivity contribution is 6.68. The van der Waals surface area contributed by atoms with Crippen LogP contribution in [0.5, 0.6) is 0 Å². The van der Waals surface area contributed by atoms with Gasteiger partial charge in [-0.05, 0) is 23.7 Å². The summed E-state index contributed by atoms with van der Waals surface area (Å²) in [6.45, 7) is 0. The molecule has 0 spiro atoms. The number of carbonyl (C=O) groups is 1. The van der Waals surface area contributed by atoms with Crippen molar-refractivity contribution in [2.45, 2.75) is 0 Å². The number of rotatable bonds is 1. The summed E-state index contributed by atoms with van der Waals surface area (Å²) < 4.78 is 0. The van der Waals surface area contributed by atoms with Gasteiger partial charge in [-0.1, -0.05) is 17.9 Å². The maximum absolute atomic E-state index is 11.0. The van der Waals surface area contributed by atoms with Gasteiger partial charge in [0.15, 0.2) is 0 Å². The number of carbonyl (C=O) groups excluding carboxylic acids is 1. The van der Waals surface area contributed by atoms with E-state index in [4.69, 9.17) is 24.4 Å². The summed E-state index contributed by atoms with van der Waals surface area (Å²) in [7, 11) is 0. The highest BCUT2D eigenvalue weighted by Gasteiger charge is 2.11. The van der Waals surface area contributed by atoms with Gasteiger partial charge < -0.3 is 0 Å². The zero-order chi connectivity index (χ0) is 9.84. The molecule has 1 aromatic rings. The molecule has 0 N–H and O–H groups in total. The fraction of sp³-hybridized carbons (Fsp3) is 0. The van der Waals surface area contributed by atoms with Crippen molar-refractivity contribution in [2.24, 2.45) is 0 Å². The van der Waals surface area contributed by atoms with Gasteiger partial charge in [0, 0.05) is 11.1 Å². The van der Waals surface area contributed by atoms with Gasteiger partial charge in [0.25, 0.3) is 5.24 Å². The molecule has 1 nitrogen and oxygen atoms in total. The van der Waals surface area contributed by atoms with Crippen LogP contribution in [0, 0.1) is 24.7 Å². The Balaban J connectivity index is 3.52. The average molecular weight is 189 g/mol. The molecule has 0 aliphatic rings. The van der Waals surface area contributed by atoms with E-state index in [2.05, 4.69) is 11.8 Å². The van der Waals surface area contributed by atoms with Crippen molar-refractivity contribution >= 4 is 16.8 Å². The zero-order valence-corrected chi connectivity index (χ0v) is 7.43. The minimum absolute atomic E-state index is 0.231. The SMILES string of the molecule is C#Cc1cccc(C#C)c1C(=O)Cl. The first kappa shape index (κ1) is 9.39. The number of benzene rings is 1. The normalized spacial score (nSPS) is 8.54. The van der Waals surface area contributed by atoms with Crippen molar-refractivity contribution in [3.8, 4) is 24.7 Å². The van der Waals surface area contributed by atoms with Gasteiger partial charge in [0.05, 0.1) is 5.56 Å². The van der Waals surface area contributed by atoms with Gasteiger partial charge in [0.2, 0.25) is 0 Å². The molecule has 0 aliphatic heterocycles. The Morgan fingerprint density at radius 3 is 2.00 bits per heavy atom. The Hall–Kier alpha value is -1.70. The third-order valence-electron chi connectivity index (χ3n) is 1.57. The molecular formula is C11H5ClO. The van der Waals surface area contributed by atoms with Crippen molar-refractivity contribution in [3.63, 3.8) is 0 Å². The van der Waals surface area contributed by atoms with E-state index in [0.29, 0.717) is 11.1 Å². The van der Waals surface area contributed by atoms with E-state index >= 15 is 0 Å². The summed E-state index contributed by atoms with van der Waals surface area (Å²) in [5.74, 6) is 4.70. The van der Waals surface area contributed by atoms with Crippen LogP contribution in [0.4, 0.5) is 0 Å². The molecule has 0 saturated heterocycles. The summed E-state index contributed by atoms with van der Waals surface area (Å²) in [5, 5.41) is -0.624. The fourth-order valence-corrected chi connectivity index (χ4v) is 1.21. The molecule has 0 unspecified atom stereocenters. The fourth-order valence-electron chi connectivity index (χ4n) is 1.00. The summed E-state index contributed by atoms with van der Waals surface area (Å²) >= 11 is 5.34. The van der Waals surface area contributed by atoms with Crippen molar-refractivity contribution in [3.05, 3.63) is 34.9 Å². The largest absolute Gasteiger partial charge is 0.276 e. The Morgan fingerprint density at radius 1 is 1.23 bits per heavy atom. The average Bonchev–Trinajstić information content (AvgIpc) is 2.16. The van der Waals surface area contributed by atoms with E-state index in [1.807, 2.05) is 0 Å². The van der Waals surface area contributed by atoms with E-state index in [1.165, 1.54) is 0 Å². The molecule has 0 atom stereocenters. The Bertz CT molecular complexity index is 400. The maximum atomic E-state index is 11.0. The molecule has 0 heterocycles. The summed E-state index contributed by atoms with van der Waals surface area (Å²) in [6.07, 6.45) is 10.4. The molecule has 1 aromatic carbocycles. The third kappa shape index (κ3) is 1.72. The van der Waals surface area contributed by atoms with Crippen LogP contribution in [0.25, 0.3) is 0 Å².